The van der Waals surface area contributed by atoms with Crippen LogP contribution in [0.15, 0.2) is 42.5 Å². The molecule has 2 aromatic rings. The van der Waals surface area contributed by atoms with Crippen molar-refractivity contribution in [3.8, 4) is 0 Å². The van der Waals surface area contributed by atoms with E-state index < -0.39 is 0 Å². The minimum Gasteiger partial charge on any atom is -0.398 e. The second-order valence-electron chi connectivity index (χ2n) is 3.68. The summed E-state index contributed by atoms with van der Waals surface area (Å²) in [4.78, 5) is 0. The SMILES string of the molecule is Cc1ccc(Nc2ccccc2Cl)cc1N. The molecule has 0 aliphatic carbocycles. The lowest BCUT2D eigenvalue weighted by Crippen LogP contribution is -1.94. The van der Waals surface area contributed by atoms with Crippen molar-refractivity contribution in [2.75, 3.05) is 11.1 Å². The standard InChI is InChI=1S/C13H13ClN2/c1-9-6-7-10(8-12(9)15)16-13-5-3-2-4-11(13)14/h2-8,16H,15H2,1H3. The second-order valence-corrected chi connectivity index (χ2v) is 4.08. The van der Waals surface area contributed by atoms with Gasteiger partial charge < -0.3 is 11.1 Å². The van der Waals surface area contributed by atoms with E-state index in [9.17, 15) is 0 Å². The van der Waals surface area contributed by atoms with Gasteiger partial charge in [-0.15, -0.1) is 0 Å². The number of nitrogens with one attached hydrogen (secondary N) is 1. The van der Waals surface area contributed by atoms with Gasteiger partial charge in [0.05, 0.1) is 10.7 Å². The van der Waals surface area contributed by atoms with Gasteiger partial charge in [0.25, 0.3) is 0 Å². The molecule has 0 bridgehead atoms. The molecule has 0 fully saturated rings. The molecule has 2 aromatic carbocycles. The zero-order valence-electron chi connectivity index (χ0n) is 9.00. The molecule has 0 aliphatic rings. The maximum atomic E-state index is 6.05. The zero-order chi connectivity index (χ0) is 11.5. The average molecular weight is 233 g/mol. The normalized spacial score (nSPS) is 10.1. The number of anilines is 3. The first-order chi connectivity index (χ1) is 7.66. The van der Waals surface area contributed by atoms with E-state index in [0.717, 1.165) is 22.6 Å². The second kappa shape index (κ2) is 4.45. The Morgan fingerprint density at radius 2 is 1.88 bits per heavy atom. The van der Waals surface area contributed by atoms with Crippen LogP contribution in [0.5, 0.6) is 0 Å². The first-order valence-electron chi connectivity index (χ1n) is 5.04. The molecule has 2 rings (SSSR count). The Kier molecular flexibility index (Phi) is 3.02. The van der Waals surface area contributed by atoms with Crippen LogP contribution in [0.25, 0.3) is 0 Å². The van der Waals surface area contributed by atoms with Crippen molar-refractivity contribution in [1.29, 1.82) is 0 Å². The van der Waals surface area contributed by atoms with Crippen molar-refractivity contribution in [3.05, 3.63) is 53.1 Å². The first kappa shape index (κ1) is 10.8. The predicted molar refractivity (Wildman–Crippen MR) is 70.3 cm³/mol. The van der Waals surface area contributed by atoms with Gasteiger partial charge in [0, 0.05) is 11.4 Å². The van der Waals surface area contributed by atoms with Gasteiger partial charge in [-0.3, -0.25) is 0 Å². The van der Waals surface area contributed by atoms with Crippen molar-refractivity contribution in [3.63, 3.8) is 0 Å². The van der Waals surface area contributed by atoms with Gasteiger partial charge in [-0.2, -0.15) is 0 Å². The van der Waals surface area contributed by atoms with Crippen LogP contribution in [-0.2, 0) is 0 Å². The maximum Gasteiger partial charge on any atom is 0.0640 e. The maximum absolute atomic E-state index is 6.05. The predicted octanol–water partition coefficient (Wildman–Crippen LogP) is 3.97. The highest BCUT2D eigenvalue weighted by atomic mass is 35.5. The summed E-state index contributed by atoms with van der Waals surface area (Å²) >= 11 is 6.05. The van der Waals surface area contributed by atoms with Crippen LogP contribution in [0.2, 0.25) is 5.02 Å². The fraction of sp³-hybridized carbons (Fsp3) is 0.0769. The molecule has 3 heteroatoms. The summed E-state index contributed by atoms with van der Waals surface area (Å²) in [5.41, 5.74) is 9.51. The molecule has 0 saturated carbocycles. The summed E-state index contributed by atoms with van der Waals surface area (Å²) in [5, 5.41) is 3.92. The van der Waals surface area contributed by atoms with Gasteiger partial charge >= 0.3 is 0 Å². The van der Waals surface area contributed by atoms with Gasteiger partial charge in [0.2, 0.25) is 0 Å². The molecule has 3 N–H and O–H groups in total. The highest BCUT2D eigenvalue weighted by Crippen LogP contribution is 2.26. The molecule has 0 saturated heterocycles. The number of halogens is 1. The molecule has 0 atom stereocenters. The van der Waals surface area contributed by atoms with E-state index >= 15 is 0 Å². The Hall–Kier alpha value is -1.67. The summed E-state index contributed by atoms with van der Waals surface area (Å²) in [6.07, 6.45) is 0. The lowest BCUT2D eigenvalue weighted by Gasteiger charge is -2.09. The Labute approximate surface area is 100 Å². The van der Waals surface area contributed by atoms with Crippen LogP contribution >= 0.6 is 11.6 Å². The molecule has 0 spiro atoms. The minimum absolute atomic E-state index is 0.696. The van der Waals surface area contributed by atoms with Crippen LogP contribution in [0.3, 0.4) is 0 Å². The van der Waals surface area contributed by atoms with Crippen molar-refractivity contribution in [2.24, 2.45) is 0 Å². The number of hydrogen-bond donors (Lipinski definition) is 2. The Morgan fingerprint density at radius 1 is 1.12 bits per heavy atom. The van der Waals surface area contributed by atoms with Crippen LogP contribution in [0.1, 0.15) is 5.56 Å². The number of aryl methyl sites for hydroxylation is 1. The molecule has 0 aliphatic heterocycles. The summed E-state index contributed by atoms with van der Waals surface area (Å²) in [6.45, 7) is 1.98. The van der Waals surface area contributed by atoms with Gasteiger partial charge in [-0.25, -0.2) is 0 Å². The van der Waals surface area contributed by atoms with Crippen LogP contribution < -0.4 is 11.1 Å². The van der Waals surface area contributed by atoms with E-state index in [2.05, 4.69) is 5.32 Å². The van der Waals surface area contributed by atoms with E-state index in [-0.39, 0.29) is 0 Å². The van der Waals surface area contributed by atoms with E-state index in [1.54, 1.807) is 0 Å². The third-order valence-corrected chi connectivity index (χ3v) is 2.76. The van der Waals surface area contributed by atoms with Gasteiger partial charge in [-0.05, 0) is 36.8 Å². The quantitative estimate of drug-likeness (QED) is 0.769. The summed E-state index contributed by atoms with van der Waals surface area (Å²) in [6, 6.07) is 13.5. The third kappa shape index (κ3) is 2.28. The van der Waals surface area contributed by atoms with E-state index in [0.29, 0.717) is 5.02 Å². The van der Waals surface area contributed by atoms with Crippen LogP contribution in [0, 0.1) is 6.92 Å². The fourth-order valence-corrected chi connectivity index (χ4v) is 1.62. The van der Waals surface area contributed by atoms with E-state index in [1.807, 2.05) is 49.4 Å². The number of rotatable bonds is 2. The van der Waals surface area contributed by atoms with Gasteiger partial charge in [-0.1, -0.05) is 29.8 Å². The molecule has 0 radical (unpaired) electrons. The average Bonchev–Trinajstić information content (AvgIpc) is 2.27. The van der Waals surface area contributed by atoms with Crippen LogP contribution in [-0.4, -0.2) is 0 Å². The summed E-state index contributed by atoms with van der Waals surface area (Å²) in [5.74, 6) is 0. The Balaban J connectivity index is 2.28. The number of nitrogens with two attached hydrogens (primary N) is 1. The molecule has 0 unspecified atom stereocenters. The van der Waals surface area contributed by atoms with Gasteiger partial charge in [0.1, 0.15) is 0 Å². The zero-order valence-corrected chi connectivity index (χ0v) is 9.75. The molecule has 2 nitrogen and oxygen atoms in total. The van der Waals surface area contributed by atoms with Crippen molar-refractivity contribution in [1.82, 2.24) is 0 Å². The van der Waals surface area contributed by atoms with Crippen molar-refractivity contribution in [2.45, 2.75) is 6.92 Å². The number of nitrogen functional groups attached to an aromatic ring is 1. The summed E-state index contributed by atoms with van der Waals surface area (Å²) < 4.78 is 0. The minimum atomic E-state index is 0.696. The first-order valence-corrected chi connectivity index (χ1v) is 5.42. The largest absolute Gasteiger partial charge is 0.398 e. The molecular formula is C13H13ClN2. The van der Waals surface area contributed by atoms with E-state index in [4.69, 9.17) is 17.3 Å². The Bertz CT molecular complexity index is 509. The van der Waals surface area contributed by atoms with E-state index in [1.165, 1.54) is 0 Å². The highest BCUT2D eigenvalue weighted by molar-refractivity contribution is 6.33. The monoisotopic (exact) mass is 232 g/mol. The highest BCUT2D eigenvalue weighted by Gasteiger charge is 2.00. The van der Waals surface area contributed by atoms with Crippen molar-refractivity contribution < 1.29 is 0 Å². The topological polar surface area (TPSA) is 38.0 Å². The molecule has 0 aromatic heterocycles. The smallest absolute Gasteiger partial charge is 0.0640 e. The number of hydrogen-bond acceptors (Lipinski definition) is 2. The van der Waals surface area contributed by atoms with Crippen molar-refractivity contribution >= 4 is 28.7 Å². The van der Waals surface area contributed by atoms with Crippen LogP contribution in [0.4, 0.5) is 17.1 Å². The number of benzene rings is 2. The molecular weight excluding hydrogens is 220 g/mol. The fourth-order valence-electron chi connectivity index (χ4n) is 1.44. The lowest BCUT2D eigenvalue weighted by atomic mass is 10.2. The number of para-hydroxylation sites is 1. The molecule has 0 heterocycles. The molecule has 82 valence electrons. The molecule has 0 amide bonds. The van der Waals surface area contributed by atoms with Gasteiger partial charge in [0.15, 0.2) is 0 Å². The lowest BCUT2D eigenvalue weighted by molar-refractivity contribution is 1.45. The summed E-state index contributed by atoms with van der Waals surface area (Å²) in [7, 11) is 0. The third-order valence-electron chi connectivity index (χ3n) is 2.43. The Morgan fingerprint density at radius 3 is 2.56 bits per heavy atom. The molecule has 16 heavy (non-hydrogen) atoms.